The molecule has 0 atom stereocenters. The fourth-order valence-electron chi connectivity index (χ4n) is 2.45. The van der Waals surface area contributed by atoms with Gasteiger partial charge in [0.15, 0.2) is 5.92 Å². The molecule has 0 aromatic rings. The molecule has 0 aliphatic heterocycles. The highest BCUT2D eigenvalue weighted by atomic mass is 31.2. The maximum atomic E-state index is 13.3. The minimum absolute atomic E-state index is 0.102. The van der Waals surface area contributed by atoms with E-state index in [9.17, 15) is 14.2 Å². The largest absolute Gasteiger partial charge is 0.465 e. The topological polar surface area (TPSA) is 88.1 Å². The Kier molecular flexibility index (Phi) is 11.4. The van der Waals surface area contributed by atoms with Gasteiger partial charge in [-0.25, -0.2) is 0 Å². The Morgan fingerprint density at radius 2 is 1.31 bits per heavy atom. The van der Waals surface area contributed by atoms with E-state index in [2.05, 4.69) is 0 Å². The Labute approximate surface area is 156 Å². The highest BCUT2D eigenvalue weighted by Crippen LogP contribution is 2.60. The minimum atomic E-state index is -3.72. The number of ether oxygens (including phenoxy) is 2. The van der Waals surface area contributed by atoms with Crippen LogP contribution in [0.15, 0.2) is 22.5 Å². The minimum Gasteiger partial charge on any atom is -0.465 e. The van der Waals surface area contributed by atoms with E-state index in [0.717, 1.165) is 0 Å². The summed E-state index contributed by atoms with van der Waals surface area (Å²) >= 11 is 0. The molecular formula is C18H31O7P. The SMILES string of the molecule is C/C=C(\C(=C(C)C)C(C(=O)OCC)C(=O)OCC)P(=O)(OCC)OCC. The molecular weight excluding hydrogens is 359 g/mol. The molecule has 150 valence electrons. The molecule has 0 amide bonds. The Morgan fingerprint density at radius 3 is 1.58 bits per heavy atom. The zero-order chi connectivity index (χ0) is 20.3. The molecule has 0 aromatic heterocycles. The number of allylic oxidation sites excluding steroid dienone is 3. The predicted octanol–water partition coefficient (Wildman–Crippen LogP) is 4.24. The van der Waals surface area contributed by atoms with E-state index in [1.165, 1.54) is 0 Å². The monoisotopic (exact) mass is 390 g/mol. The average Bonchev–Trinajstić information content (AvgIpc) is 2.55. The van der Waals surface area contributed by atoms with Crippen molar-refractivity contribution < 1.29 is 32.7 Å². The van der Waals surface area contributed by atoms with Crippen molar-refractivity contribution in [2.75, 3.05) is 26.4 Å². The molecule has 0 saturated carbocycles. The van der Waals surface area contributed by atoms with Crippen LogP contribution in [0.1, 0.15) is 48.5 Å². The fourth-order valence-corrected chi connectivity index (χ4v) is 4.45. The molecule has 0 saturated heterocycles. The van der Waals surface area contributed by atoms with Gasteiger partial charge in [-0.15, -0.1) is 0 Å². The molecule has 0 unspecified atom stereocenters. The quantitative estimate of drug-likeness (QED) is 0.226. The predicted molar refractivity (Wildman–Crippen MR) is 99.7 cm³/mol. The van der Waals surface area contributed by atoms with Gasteiger partial charge in [0.2, 0.25) is 0 Å². The molecule has 0 rings (SSSR count). The molecule has 0 radical (unpaired) electrons. The van der Waals surface area contributed by atoms with Crippen LogP contribution in [0.3, 0.4) is 0 Å². The Bertz CT molecular complexity index is 560. The number of esters is 2. The first kappa shape index (κ1) is 24.6. The third-order valence-electron chi connectivity index (χ3n) is 3.31. The Morgan fingerprint density at radius 1 is 0.885 bits per heavy atom. The Balaban J connectivity index is 6.41. The van der Waals surface area contributed by atoms with Crippen LogP contribution in [0.5, 0.6) is 0 Å². The first-order valence-electron chi connectivity index (χ1n) is 8.80. The Hall–Kier alpha value is -1.43. The maximum absolute atomic E-state index is 13.3. The summed E-state index contributed by atoms with van der Waals surface area (Å²) in [7, 11) is -3.72. The van der Waals surface area contributed by atoms with Crippen LogP contribution in [0.25, 0.3) is 0 Å². The molecule has 8 heteroatoms. The lowest BCUT2D eigenvalue weighted by molar-refractivity contribution is -0.159. The zero-order valence-corrected chi connectivity index (χ0v) is 17.7. The first-order valence-corrected chi connectivity index (χ1v) is 10.3. The van der Waals surface area contributed by atoms with E-state index in [-0.39, 0.29) is 37.3 Å². The third-order valence-corrected chi connectivity index (χ3v) is 5.60. The summed E-state index contributed by atoms with van der Waals surface area (Å²) in [6.45, 7) is 12.2. The number of hydrogen-bond donors (Lipinski definition) is 0. The molecule has 0 aliphatic rings. The molecule has 26 heavy (non-hydrogen) atoms. The van der Waals surface area contributed by atoms with Gasteiger partial charge in [0, 0.05) is 0 Å². The fraction of sp³-hybridized carbons (Fsp3) is 0.667. The van der Waals surface area contributed by atoms with Crippen LogP contribution in [0, 0.1) is 5.92 Å². The van der Waals surface area contributed by atoms with Gasteiger partial charge in [0.1, 0.15) is 0 Å². The van der Waals surface area contributed by atoms with Crippen LogP contribution in [0.2, 0.25) is 0 Å². The van der Waals surface area contributed by atoms with Crippen LogP contribution >= 0.6 is 7.60 Å². The molecule has 0 aliphatic carbocycles. The number of carbonyl (C=O) groups is 2. The lowest BCUT2D eigenvalue weighted by Crippen LogP contribution is -2.31. The van der Waals surface area contributed by atoms with Crippen molar-refractivity contribution >= 4 is 19.5 Å². The van der Waals surface area contributed by atoms with Crippen molar-refractivity contribution in [3.05, 3.63) is 22.5 Å². The van der Waals surface area contributed by atoms with Crippen molar-refractivity contribution in [2.24, 2.45) is 5.92 Å². The summed E-state index contributed by atoms with van der Waals surface area (Å²) in [5, 5.41) is 0.173. The summed E-state index contributed by atoms with van der Waals surface area (Å²) in [6, 6.07) is 0. The van der Waals surface area contributed by atoms with Gasteiger partial charge < -0.3 is 18.5 Å². The summed E-state index contributed by atoms with van der Waals surface area (Å²) in [5.74, 6) is -2.89. The standard InChI is InChI=1S/C18H31O7P/c1-8-14(26(21,24-11-4)25-12-5)15(13(6)7)16(17(19)22-9-2)18(20)23-10-3/h8,16H,9-12H2,1-7H3/b14-8+. The third kappa shape index (κ3) is 6.38. The molecule has 0 fully saturated rings. The summed E-state index contributed by atoms with van der Waals surface area (Å²) in [4.78, 5) is 25.0. The van der Waals surface area contributed by atoms with Gasteiger partial charge in [-0.2, -0.15) is 0 Å². The van der Waals surface area contributed by atoms with E-state index >= 15 is 0 Å². The van der Waals surface area contributed by atoms with E-state index in [1.807, 2.05) is 0 Å². The van der Waals surface area contributed by atoms with Crippen LogP contribution < -0.4 is 0 Å². The molecule has 0 spiro atoms. The first-order chi connectivity index (χ1) is 12.2. The van der Waals surface area contributed by atoms with E-state index in [4.69, 9.17) is 18.5 Å². The average molecular weight is 390 g/mol. The van der Waals surface area contributed by atoms with Crippen LogP contribution in [-0.4, -0.2) is 38.4 Å². The molecule has 7 nitrogen and oxygen atoms in total. The van der Waals surface area contributed by atoms with Crippen LogP contribution in [0.4, 0.5) is 0 Å². The van der Waals surface area contributed by atoms with E-state index < -0.39 is 25.5 Å². The number of hydrogen-bond acceptors (Lipinski definition) is 7. The van der Waals surface area contributed by atoms with Gasteiger partial charge in [-0.1, -0.05) is 11.6 Å². The highest BCUT2D eigenvalue weighted by Gasteiger charge is 2.42. The van der Waals surface area contributed by atoms with Gasteiger partial charge >= 0.3 is 19.5 Å². The lowest BCUT2D eigenvalue weighted by atomic mass is 9.94. The van der Waals surface area contributed by atoms with Gasteiger partial charge in [-0.05, 0) is 54.0 Å². The van der Waals surface area contributed by atoms with Crippen molar-refractivity contribution in [3.63, 3.8) is 0 Å². The van der Waals surface area contributed by atoms with E-state index in [1.54, 1.807) is 54.5 Å². The van der Waals surface area contributed by atoms with Crippen molar-refractivity contribution in [1.82, 2.24) is 0 Å². The zero-order valence-electron chi connectivity index (χ0n) is 16.8. The summed E-state index contributed by atoms with van der Waals surface area (Å²) in [6.07, 6.45) is 1.54. The lowest BCUT2D eigenvalue weighted by Gasteiger charge is -2.26. The summed E-state index contributed by atoms with van der Waals surface area (Å²) < 4.78 is 34.2. The highest BCUT2D eigenvalue weighted by molar-refractivity contribution is 7.58. The summed E-state index contributed by atoms with van der Waals surface area (Å²) in [5.41, 5.74) is 0.860. The van der Waals surface area contributed by atoms with Gasteiger partial charge in [0.05, 0.1) is 31.7 Å². The molecule has 0 N–H and O–H groups in total. The van der Waals surface area contributed by atoms with Gasteiger partial charge in [-0.3, -0.25) is 14.2 Å². The molecule has 0 bridgehead atoms. The van der Waals surface area contributed by atoms with Crippen molar-refractivity contribution in [2.45, 2.75) is 48.5 Å². The van der Waals surface area contributed by atoms with Gasteiger partial charge in [0.25, 0.3) is 0 Å². The second-order valence-electron chi connectivity index (χ2n) is 5.36. The molecule has 0 aromatic carbocycles. The van der Waals surface area contributed by atoms with Crippen molar-refractivity contribution in [3.8, 4) is 0 Å². The molecule has 0 heterocycles. The van der Waals surface area contributed by atoms with Crippen LogP contribution in [-0.2, 0) is 32.7 Å². The second kappa shape index (κ2) is 12.0. The smallest absolute Gasteiger partial charge is 0.361 e. The normalized spacial score (nSPS) is 12.1. The second-order valence-corrected chi connectivity index (χ2v) is 7.35. The maximum Gasteiger partial charge on any atom is 0.361 e. The number of carbonyl (C=O) groups excluding carboxylic acids is 2. The van der Waals surface area contributed by atoms with Crippen molar-refractivity contribution in [1.29, 1.82) is 0 Å². The van der Waals surface area contributed by atoms with E-state index in [0.29, 0.717) is 5.57 Å². The number of rotatable bonds is 11.